The molecule has 1 saturated heterocycles. The van der Waals surface area contributed by atoms with Crippen LogP contribution in [0.25, 0.3) is 0 Å². The molecule has 1 amide bonds. The first-order valence-electron chi connectivity index (χ1n) is 11.2. The van der Waals surface area contributed by atoms with Gasteiger partial charge in [-0.25, -0.2) is 0 Å². The normalized spacial score (nSPS) is 20.8. The number of nitrogens with one attached hydrogen (secondary N) is 1. The second kappa shape index (κ2) is 11.3. The van der Waals surface area contributed by atoms with E-state index >= 15 is 0 Å². The fourth-order valence-corrected chi connectivity index (χ4v) is 4.25. The predicted molar refractivity (Wildman–Crippen MR) is 116 cm³/mol. The summed E-state index contributed by atoms with van der Waals surface area (Å²) in [5, 5.41) is 12.1. The number of hydrogen-bond acceptors (Lipinski definition) is 5. The number of fused-ring (bicyclic) bond motifs is 1. The third-order valence-electron chi connectivity index (χ3n) is 6.08. The highest BCUT2D eigenvalue weighted by atomic mass is 16.5. The number of carbonyl (C=O) groups is 2. The van der Waals surface area contributed by atoms with Crippen LogP contribution in [0.3, 0.4) is 0 Å². The molecule has 166 valence electrons. The van der Waals surface area contributed by atoms with Gasteiger partial charge in [0.2, 0.25) is 5.91 Å². The van der Waals surface area contributed by atoms with E-state index in [0.29, 0.717) is 38.7 Å². The summed E-state index contributed by atoms with van der Waals surface area (Å²) in [6, 6.07) is 6.36. The Balaban J connectivity index is 1.83. The van der Waals surface area contributed by atoms with Crippen LogP contribution in [0.5, 0.6) is 5.75 Å². The summed E-state index contributed by atoms with van der Waals surface area (Å²) in [5.41, 5.74) is 2.04. The van der Waals surface area contributed by atoms with Crippen molar-refractivity contribution in [3.8, 4) is 5.75 Å². The van der Waals surface area contributed by atoms with Crippen molar-refractivity contribution in [2.24, 2.45) is 0 Å². The molecular weight excluding hydrogens is 382 g/mol. The second-order valence-electron chi connectivity index (χ2n) is 8.53. The first-order valence-corrected chi connectivity index (χ1v) is 11.2. The fourth-order valence-electron chi connectivity index (χ4n) is 4.25. The molecule has 0 aliphatic carbocycles. The summed E-state index contributed by atoms with van der Waals surface area (Å²) in [4.78, 5) is 28.2. The largest absolute Gasteiger partial charge is 0.493 e. The highest BCUT2D eigenvalue weighted by Gasteiger charge is 2.26. The Hall–Kier alpha value is -2.12. The Kier molecular flexibility index (Phi) is 8.51. The number of amides is 1. The quantitative estimate of drug-likeness (QED) is 0.782. The van der Waals surface area contributed by atoms with Crippen molar-refractivity contribution in [2.75, 3.05) is 39.8 Å². The fraction of sp³-hybridized carbons (Fsp3) is 0.652. The molecule has 1 fully saturated rings. The number of ether oxygens (including phenoxy) is 1. The molecule has 0 unspecified atom stereocenters. The molecule has 7 heteroatoms. The number of hydrogen-bond donors (Lipinski definition) is 2. The van der Waals surface area contributed by atoms with Gasteiger partial charge in [-0.05, 0) is 70.3 Å². The van der Waals surface area contributed by atoms with Crippen LogP contribution in [0, 0.1) is 0 Å². The minimum absolute atomic E-state index is 0.0812. The molecule has 0 radical (unpaired) electrons. The van der Waals surface area contributed by atoms with Crippen LogP contribution >= 0.6 is 0 Å². The van der Waals surface area contributed by atoms with E-state index in [1.165, 1.54) is 0 Å². The van der Waals surface area contributed by atoms with Crippen molar-refractivity contribution in [2.45, 2.75) is 57.5 Å². The highest BCUT2D eigenvalue weighted by Crippen LogP contribution is 2.26. The molecule has 0 aromatic heterocycles. The van der Waals surface area contributed by atoms with Crippen LogP contribution in [0.15, 0.2) is 18.2 Å². The number of benzene rings is 1. The van der Waals surface area contributed by atoms with Crippen LogP contribution in [-0.4, -0.2) is 72.7 Å². The zero-order chi connectivity index (χ0) is 21.3. The number of aliphatic carboxylic acids is 1. The van der Waals surface area contributed by atoms with Gasteiger partial charge in [0.15, 0.2) is 0 Å². The SMILES string of the molecule is CN1CCC(N2CC(=O)NCCCCCOc3ccc(CCC(=O)O)cc3C2)CC1. The van der Waals surface area contributed by atoms with E-state index in [1.54, 1.807) is 0 Å². The third kappa shape index (κ3) is 6.99. The standard InChI is InChI=1S/C23H35N3O4/c1-25-12-9-20(10-13-25)26-16-19-15-18(6-8-23(28)29)5-7-21(19)30-14-4-2-3-11-24-22(27)17-26/h5,7,15,20H,2-4,6,8-14,16-17H2,1H3,(H,24,27)(H,28,29). The number of likely N-dealkylation sites (tertiary alicyclic amines) is 1. The van der Waals surface area contributed by atoms with Crippen molar-refractivity contribution in [3.05, 3.63) is 29.3 Å². The molecule has 0 atom stereocenters. The number of carboxylic acids is 1. The summed E-state index contributed by atoms with van der Waals surface area (Å²) >= 11 is 0. The Morgan fingerprint density at radius 2 is 2.00 bits per heavy atom. The predicted octanol–water partition coefficient (Wildman–Crippen LogP) is 2.28. The summed E-state index contributed by atoms with van der Waals surface area (Å²) in [6.07, 6.45) is 5.62. The number of carboxylic acid groups (broad SMARTS) is 1. The Bertz CT molecular complexity index is 716. The van der Waals surface area contributed by atoms with Gasteiger partial charge in [-0.2, -0.15) is 0 Å². The van der Waals surface area contributed by atoms with E-state index in [4.69, 9.17) is 9.84 Å². The van der Waals surface area contributed by atoms with Crippen LogP contribution in [0.2, 0.25) is 0 Å². The number of rotatable bonds is 4. The molecule has 0 bridgehead atoms. The lowest BCUT2D eigenvalue weighted by atomic mass is 10.0. The van der Waals surface area contributed by atoms with Gasteiger partial charge in [-0.15, -0.1) is 0 Å². The maximum Gasteiger partial charge on any atom is 0.303 e. The van der Waals surface area contributed by atoms with Crippen LogP contribution in [-0.2, 0) is 22.6 Å². The van der Waals surface area contributed by atoms with Gasteiger partial charge >= 0.3 is 5.97 Å². The molecule has 7 nitrogen and oxygen atoms in total. The van der Waals surface area contributed by atoms with Gasteiger partial charge in [0.25, 0.3) is 0 Å². The summed E-state index contributed by atoms with van der Waals surface area (Å²) in [5.74, 6) is 0.143. The van der Waals surface area contributed by atoms with Gasteiger partial charge < -0.3 is 20.1 Å². The molecule has 30 heavy (non-hydrogen) atoms. The smallest absolute Gasteiger partial charge is 0.303 e. The van der Waals surface area contributed by atoms with Crippen molar-refractivity contribution >= 4 is 11.9 Å². The number of carbonyl (C=O) groups excluding carboxylic acids is 1. The second-order valence-corrected chi connectivity index (χ2v) is 8.53. The summed E-state index contributed by atoms with van der Waals surface area (Å²) in [7, 11) is 2.14. The molecule has 0 saturated carbocycles. The van der Waals surface area contributed by atoms with E-state index in [-0.39, 0.29) is 12.3 Å². The zero-order valence-corrected chi connectivity index (χ0v) is 18.1. The molecule has 2 heterocycles. The molecule has 1 aromatic rings. The molecule has 3 rings (SSSR count). The Morgan fingerprint density at radius 1 is 1.20 bits per heavy atom. The van der Waals surface area contributed by atoms with Gasteiger partial charge in [0, 0.05) is 31.1 Å². The zero-order valence-electron chi connectivity index (χ0n) is 18.1. The molecule has 2 aliphatic rings. The maximum atomic E-state index is 12.6. The molecule has 2 N–H and O–H groups in total. The van der Waals surface area contributed by atoms with E-state index in [9.17, 15) is 9.59 Å². The lowest BCUT2D eigenvalue weighted by molar-refractivity contribution is -0.137. The van der Waals surface area contributed by atoms with Crippen LogP contribution in [0.4, 0.5) is 0 Å². The first-order chi connectivity index (χ1) is 14.5. The van der Waals surface area contributed by atoms with E-state index < -0.39 is 5.97 Å². The number of nitrogens with zero attached hydrogens (tertiary/aromatic N) is 2. The summed E-state index contributed by atoms with van der Waals surface area (Å²) < 4.78 is 6.10. The summed E-state index contributed by atoms with van der Waals surface area (Å²) in [6.45, 7) is 4.46. The lowest BCUT2D eigenvalue weighted by Crippen LogP contribution is -2.47. The Morgan fingerprint density at radius 3 is 2.77 bits per heavy atom. The van der Waals surface area contributed by atoms with Crippen molar-refractivity contribution in [1.29, 1.82) is 0 Å². The molecular formula is C23H35N3O4. The monoisotopic (exact) mass is 417 g/mol. The Labute approximate surface area is 179 Å². The van der Waals surface area contributed by atoms with E-state index in [1.807, 2.05) is 12.1 Å². The maximum absolute atomic E-state index is 12.6. The van der Waals surface area contributed by atoms with Crippen molar-refractivity contribution in [1.82, 2.24) is 15.1 Å². The van der Waals surface area contributed by atoms with Crippen LogP contribution in [0.1, 0.15) is 49.7 Å². The number of aryl methyl sites for hydroxylation is 1. The minimum Gasteiger partial charge on any atom is -0.493 e. The van der Waals surface area contributed by atoms with Gasteiger partial charge in [-0.3, -0.25) is 14.5 Å². The van der Waals surface area contributed by atoms with Gasteiger partial charge in [0.1, 0.15) is 5.75 Å². The lowest BCUT2D eigenvalue weighted by Gasteiger charge is -2.37. The third-order valence-corrected chi connectivity index (χ3v) is 6.08. The van der Waals surface area contributed by atoms with Crippen molar-refractivity contribution in [3.63, 3.8) is 0 Å². The molecule has 0 spiro atoms. The average molecular weight is 418 g/mol. The van der Waals surface area contributed by atoms with Gasteiger partial charge in [-0.1, -0.05) is 12.1 Å². The highest BCUT2D eigenvalue weighted by molar-refractivity contribution is 5.78. The van der Waals surface area contributed by atoms with Crippen molar-refractivity contribution < 1.29 is 19.4 Å². The van der Waals surface area contributed by atoms with E-state index in [2.05, 4.69) is 28.2 Å². The average Bonchev–Trinajstić information content (AvgIpc) is 2.73. The van der Waals surface area contributed by atoms with Crippen LogP contribution < -0.4 is 10.1 Å². The number of piperidine rings is 1. The minimum atomic E-state index is -0.792. The molecule has 1 aromatic carbocycles. The van der Waals surface area contributed by atoms with E-state index in [0.717, 1.165) is 62.1 Å². The first kappa shape index (κ1) is 22.6. The van der Waals surface area contributed by atoms with Gasteiger partial charge in [0.05, 0.1) is 13.2 Å². The molecule has 2 aliphatic heterocycles. The topological polar surface area (TPSA) is 82.1 Å².